The molecule has 1 aliphatic carbocycles. The van der Waals surface area contributed by atoms with E-state index in [0.717, 1.165) is 25.0 Å². The Morgan fingerprint density at radius 2 is 2.12 bits per heavy atom. The molecule has 2 aromatic rings. The highest BCUT2D eigenvalue weighted by Gasteiger charge is 2.32. The largest absolute Gasteiger partial charge is 0.466 e. The molecule has 2 atom stereocenters. The maximum atomic E-state index is 5.87. The summed E-state index contributed by atoms with van der Waals surface area (Å²) in [6, 6.07) is 8.50. The van der Waals surface area contributed by atoms with Gasteiger partial charge in [0.25, 0.3) is 0 Å². The number of para-hydroxylation sites is 1. The fourth-order valence-corrected chi connectivity index (χ4v) is 3.97. The molecule has 0 fully saturated rings. The Morgan fingerprint density at radius 1 is 1.20 bits per heavy atom. The molecule has 2 unspecified atom stereocenters. The van der Waals surface area contributed by atoms with Crippen LogP contribution in [0, 0.1) is 5.92 Å². The Bertz CT molecular complexity index is 869. The molecule has 4 rings (SSSR count). The van der Waals surface area contributed by atoms with Crippen LogP contribution >= 0.6 is 0 Å². The van der Waals surface area contributed by atoms with Gasteiger partial charge in [-0.15, -0.1) is 0 Å². The SMILES string of the molecule is CCC(c1c[nH]c2ccccc12)C(C1=CC=CCC1)C1=COC=CO1. The lowest BCUT2D eigenvalue weighted by atomic mass is 9.76. The standard InChI is InChI=1S/C22H23NO2/c1-2-17(19-14-23-20-11-7-6-10-18(19)20)22(16-8-4-3-5-9-16)21-15-24-12-13-25-21/h3-4,6-8,10-15,17,22-23H,2,5,9H2,1H3. The smallest absolute Gasteiger partial charge is 0.146 e. The molecule has 0 saturated heterocycles. The van der Waals surface area contributed by atoms with Crippen LogP contribution < -0.4 is 0 Å². The van der Waals surface area contributed by atoms with Gasteiger partial charge in [-0.05, 0) is 36.8 Å². The minimum atomic E-state index is 0.180. The van der Waals surface area contributed by atoms with Crippen LogP contribution in [0.4, 0.5) is 0 Å². The van der Waals surface area contributed by atoms with Gasteiger partial charge in [-0.3, -0.25) is 0 Å². The maximum absolute atomic E-state index is 5.87. The van der Waals surface area contributed by atoms with E-state index in [2.05, 4.69) is 60.6 Å². The van der Waals surface area contributed by atoms with Crippen molar-refractivity contribution in [3.63, 3.8) is 0 Å². The van der Waals surface area contributed by atoms with Crippen molar-refractivity contribution in [2.45, 2.75) is 32.1 Å². The number of hydrogen-bond donors (Lipinski definition) is 1. The van der Waals surface area contributed by atoms with E-state index in [0.29, 0.717) is 5.92 Å². The molecular weight excluding hydrogens is 310 g/mol. The highest BCUT2D eigenvalue weighted by Crippen LogP contribution is 2.43. The number of aromatic nitrogens is 1. The van der Waals surface area contributed by atoms with Gasteiger partial charge in [0, 0.05) is 23.0 Å². The van der Waals surface area contributed by atoms with Crippen LogP contribution in [0.5, 0.6) is 0 Å². The van der Waals surface area contributed by atoms with E-state index in [1.807, 2.05) is 0 Å². The number of aromatic amines is 1. The molecule has 1 aromatic heterocycles. The quantitative estimate of drug-likeness (QED) is 0.737. The number of H-pyrrole nitrogens is 1. The molecule has 0 amide bonds. The minimum Gasteiger partial charge on any atom is -0.466 e. The normalized spacial score (nSPS) is 18.9. The Hall–Kier alpha value is -2.68. The fourth-order valence-electron chi connectivity index (χ4n) is 3.97. The van der Waals surface area contributed by atoms with Gasteiger partial charge >= 0.3 is 0 Å². The van der Waals surface area contributed by atoms with Crippen LogP contribution in [0.1, 0.15) is 37.7 Å². The van der Waals surface area contributed by atoms with Gasteiger partial charge in [-0.1, -0.05) is 48.9 Å². The molecule has 3 nitrogen and oxygen atoms in total. The van der Waals surface area contributed by atoms with E-state index in [-0.39, 0.29) is 5.92 Å². The number of benzene rings is 1. The van der Waals surface area contributed by atoms with Crippen molar-refractivity contribution in [2.75, 3.05) is 0 Å². The zero-order valence-corrected chi connectivity index (χ0v) is 14.4. The second kappa shape index (κ2) is 7.06. The summed E-state index contributed by atoms with van der Waals surface area (Å²) in [6.45, 7) is 2.25. The summed E-state index contributed by atoms with van der Waals surface area (Å²) in [4.78, 5) is 3.42. The zero-order valence-electron chi connectivity index (χ0n) is 14.4. The number of fused-ring (bicyclic) bond motifs is 1. The van der Waals surface area contributed by atoms with Gasteiger partial charge in [0.2, 0.25) is 0 Å². The van der Waals surface area contributed by atoms with Gasteiger partial charge in [0.05, 0.1) is 0 Å². The lowest BCUT2D eigenvalue weighted by Gasteiger charge is -2.31. The molecule has 0 bridgehead atoms. The number of ether oxygens (including phenoxy) is 2. The molecule has 1 aliphatic heterocycles. The molecule has 0 radical (unpaired) electrons. The van der Waals surface area contributed by atoms with E-state index < -0.39 is 0 Å². The molecule has 0 saturated carbocycles. The lowest BCUT2D eigenvalue weighted by molar-refractivity contribution is 0.215. The van der Waals surface area contributed by atoms with Crippen molar-refractivity contribution in [3.05, 3.63) is 84.4 Å². The monoisotopic (exact) mass is 333 g/mol. The summed E-state index contributed by atoms with van der Waals surface area (Å²) in [5, 5.41) is 1.29. The highest BCUT2D eigenvalue weighted by molar-refractivity contribution is 5.83. The van der Waals surface area contributed by atoms with Crippen molar-refractivity contribution in [1.29, 1.82) is 0 Å². The molecule has 25 heavy (non-hydrogen) atoms. The number of rotatable bonds is 5. The molecule has 128 valence electrons. The van der Waals surface area contributed by atoms with Gasteiger partial charge in [0.1, 0.15) is 24.5 Å². The van der Waals surface area contributed by atoms with Crippen LogP contribution in [0.3, 0.4) is 0 Å². The molecule has 3 heteroatoms. The van der Waals surface area contributed by atoms with Crippen LogP contribution in [0.15, 0.2) is 78.8 Å². The van der Waals surface area contributed by atoms with E-state index in [1.165, 1.54) is 22.0 Å². The van der Waals surface area contributed by atoms with Crippen molar-refractivity contribution in [2.24, 2.45) is 5.92 Å². The van der Waals surface area contributed by atoms with Crippen molar-refractivity contribution < 1.29 is 9.47 Å². The van der Waals surface area contributed by atoms with E-state index in [1.54, 1.807) is 18.8 Å². The third-order valence-electron chi connectivity index (χ3n) is 5.14. The topological polar surface area (TPSA) is 34.2 Å². The van der Waals surface area contributed by atoms with Gasteiger partial charge in [-0.2, -0.15) is 0 Å². The van der Waals surface area contributed by atoms with E-state index in [9.17, 15) is 0 Å². The third-order valence-corrected chi connectivity index (χ3v) is 5.14. The van der Waals surface area contributed by atoms with E-state index in [4.69, 9.17) is 9.47 Å². The second-order valence-electron chi connectivity index (χ2n) is 6.54. The lowest BCUT2D eigenvalue weighted by Crippen LogP contribution is -2.20. The molecular formula is C22H23NO2. The summed E-state index contributed by atoms with van der Waals surface area (Å²) < 4.78 is 11.3. The molecule has 1 aromatic carbocycles. The minimum absolute atomic E-state index is 0.180. The summed E-state index contributed by atoms with van der Waals surface area (Å²) in [5.74, 6) is 1.40. The van der Waals surface area contributed by atoms with Gasteiger partial charge < -0.3 is 14.5 Å². The predicted octanol–water partition coefficient (Wildman–Crippen LogP) is 5.91. The average molecular weight is 333 g/mol. The number of allylic oxidation sites excluding steroid dienone is 4. The number of hydrogen-bond acceptors (Lipinski definition) is 2. The average Bonchev–Trinajstić information content (AvgIpc) is 3.11. The Kier molecular flexibility index (Phi) is 4.47. The van der Waals surface area contributed by atoms with Gasteiger partial charge in [-0.25, -0.2) is 0 Å². The fraction of sp³-hybridized carbons (Fsp3) is 0.273. The van der Waals surface area contributed by atoms with Crippen LogP contribution in [0.25, 0.3) is 10.9 Å². The number of nitrogens with one attached hydrogen (secondary N) is 1. The first-order valence-corrected chi connectivity index (χ1v) is 8.97. The first-order valence-electron chi connectivity index (χ1n) is 8.97. The van der Waals surface area contributed by atoms with Crippen LogP contribution in [0.2, 0.25) is 0 Å². The molecule has 0 spiro atoms. The van der Waals surface area contributed by atoms with Crippen molar-refractivity contribution >= 4 is 10.9 Å². The van der Waals surface area contributed by atoms with Crippen molar-refractivity contribution in [1.82, 2.24) is 4.98 Å². The molecule has 1 N–H and O–H groups in total. The first kappa shape index (κ1) is 15.8. The summed E-state index contributed by atoms with van der Waals surface area (Å²) >= 11 is 0. The summed E-state index contributed by atoms with van der Waals surface area (Å²) in [7, 11) is 0. The third kappa shape index (κ3) is 3.02. The summed E-state index contributed by atoms with van der Waals surface area (Å²) in [5.41, 5.74) is 3.93. The molecule has 2 heterocycles. The second-order valence-corrected chi connectivity index (χ2v) is 6.54. The first-order chi connectivity index (χ1) is 12.4. The van der Waals surface area contributed by atoms with Crippen LogP contribution in [-0.4, -0.2) is 4.98 Å². The molecule has 2 aliphatic rings. The Labute approximate surface area is 148 Å². The van der Waals surface area contributed by atoms with Crippen molar-refractivity contribution in [3.8, 4) is 0 Å². The van der Waals surface area contributed by atoms with Gasteiger partial charge in [0.15, 0.2) is 0 Å². The zero-order chi connectivity index (χ0) is 17.1. The Morgan fingerprint density at radius 3 is 2.88 bits per heavy atom. The van der Waals surface area contributed by atoms with E-state index >= 15 is 0 Å². The Balaban J connectivity index is 1.79. The van der Waals surface area contributed by atoms with Crippen LogP contribution in [-0.2, 0) is 9.47 Å². The highest BCUT2D eigenvalue weighted by atomic mass is 16.5. The maximum Gasteiger partial charge on any atom is 0.146 e. The summed E-state index contributed by atoms with van der Waals surface area (Å²) in [6.07, 6.45) is 16.9. The predicted molar refractivity (Wildman–Crippen MR) is 101 cm³/mol.